The number of benzene rings is 1. The fourth-order valence-corrected chi connectivity index (χ4v) is 2.99. The van der Waals surface area contributed by atoms with Gasteiger partial charge < -0.3 is 5.32 Å². The number of aromatic nitrogens is 2. The molecule has 0 aliphatic heterocycles. The average Bonchev–Trinajstić information content (AvgIpc) is 2.89. The highest BCUT2D eigenvalue weighted by molar-refractivity contribution is 7.92. The molecule has 0 radical (unpaired) electrons. The Morgan fingerprint density at radius 2 is 2.20 bits per heavy atom. The lowest BCUT2D eigenvalue weighted by Crippen LogP contribution is -2.19. The Hall–Kier alpha value is -1.93. The summed E-state index contributed by atoms with van der Waals surface area (Å²) in [5.41, 5.74) is 0.799. The number of aromatic amines is 1. The minimum Gasteiger partial charge on any atom is -0.313 e. The fraction of sp³-hybridized carbons (Fsp3) is 0.250. The van der Waals surface area contributed by atoms with Gasteiger partial charge in [0.1, 0.15) is 5.82 Å². The van der Waals surface area contributed by atoms with Gasteiger partial charge in [-0.15, -0.1) is 0 Å². The van der Waals surface area contributed by atoms with Crippen molar-refractivity contribution in [3.8, 4) is 0 Å². The van der Waals surface area contributed by atoms with Gasteiger partial charge in [0.2, 0.25) is 0 Å². The summed E-state index contributed by atoms with van der Waals surface area (Å²) in [4.78, 5) is -0.0837. The summed E-state index contributed by atoms with van der Waals surface area (Å²) < 4.78 is 40.3. The van der Waals surface area contributed by atoms with Crippen LogP contribution in [0, 0.1) is 5.82 Å². The zero-order chi connectivity index (χ0) is 14.6. The molecule has 0 aliphatic rings. The molecule has 108 valence electrons. The van der Waals surface area contributed by atoms with Crippen LogP contribution in [-0.4, -0.2) is 25.2 Å². The second kappa shape index (κ2) is 6.02. The number of sulfonamides is 1. The maximum absolute atomic E-state index is 13.3. The first kappa shape index (κ1) is 14.5. The quantitative estimate of drug-likeness (QED) is 0.753. The van der Waals surface area contributed by atoms with E-state index in [1.807, 2.05) is 6.92 Å². The molecule has 0 saturated heterocycles. The van der Waals surface area contributed by atoms with Gasteiger partial charge in [0.15, 0.2) is 0 Å². The molecule has 1 aromatic heterocycles. The Morgan fingerprint density at radius 1 is 1.40 bits per heavy atom. The van der Waals surface area contributed by atoms with E-state index in [0.29, 0.717) is 24.3 Å². The molecule has 1 heterocycles. The number of H-pyrrole nitrogens is 1. The van der Waals surface area contributed by atoms with Crippen molar-refractivity contribution in [3.05, 3.63) is 42.0 Å². The number of nitrogens with one attached hydrogen (secondary N) is 3. The summed E-state index contributed by atoms with van der Waals surface area (Å²) in [6.45, 7) is 2.94. The van der Waals surface area contributed by atoms with Gasteiger partial charge in [0, 0.05) is 12.7 Å². The maximum Gasteiger partial charge on any atom is 0.262 e. The highest BCUT2D eigenvalue weighted by Crippen LogP contribution is 2.20. The van der Waals surface area contributed by atoms with Crippen LogP contribution in [0.4, 0.5) is 10.1 Å². The SMILES string of the molecule is CCNCc1ccc(F)cc1S(=O)(=O)Nc1cn[nH]c1. The van der Waals surface area contributed by atoms with Gasteiger partial charge in [-0.25, -0.2) is 12.8 Å². The fourth-order valence-electron chi connectivity index (χ4n) is 1.70. The molecule has 0 spiro atoms. The number of hydrogen-bond donors (Lipinski definition) is 3. The molecule has 0 bridgehead atoms. The Morgan fingerprint density at radius 3 is 2.85 bits per heavy atom. The van der Waals surface area contributed by atoms with Gasteiger partial charge in [-0.3, -0.25) is 9.82 Å². The lowest BCUT2D eigenvalue weighted by molar-refractivity contribution is 0.590. The predicted octanol–water partition coefficient (Wildman–Crippen LogP) is 1.46. The first-order chi connectivity index (χ1) is 9.53. The van der Waals surface area contributed by atoms with Crippen LogP contribution in [0.1, 0.15) is 12.5 Å². The van der Waals surface area contributed by atoms with Gasteiger partial charge in [-0.05, 0) is 24.2 Å². The smallest absolute Gasteiger partial charge is 0.262 e. The normalized spacial score (nSPS) is 11.5. The van der Waals surface area contributed by atoms with Crippen LogP contribution in [0.3, 0.4) is 0 Å². The first-order valence-electron chi connectivity index (χ1n) is 6.03. The highest BCUT2D eigenvalue weighted by atomic mass is 32.2. The zero-order valence-electron chi connectivity index (χ0n) is 10.9. The van der Waals surface area contributed by atoms with Gasteiger partial charge in [0.25, 0.3) is 10.0 Å². The molecule has 0 amide bonds. The van der Waals surface area contributed by atoms with E-state index in [9.17, 15) is 12.8 Å². The van der Waals surface area contributed by atoms with Crippen LogP contribution in [-0.2, 0) is 16.6 Å². The van der Waals surface area contributed by atoms with Crippen molar-refractivity contribution < 1.29 is 12.8 Å². The van der Waals surface area contributed by atoms with Crippen molar-refractivity contribution in [2.45, 2.75) is 18.4 Å². The van der Waals surface area contributed by atoms with E-state index in [4.69, 9.17) is 0 Å². The summed E-state index contributed by atoms with van der Waals surface area (Å²) in [5.74, 6) is -0.599. The van der Waals surface area contributed by atoms with Gasteiger partial charge in [0.05, 0.1) is 16.8 Å². The summed E-state index contributed by atoms with van der Waals surface area (Å²) >= 11 is 0. The summed E-state index contributed by atoms with van der Waals surface area (Å²) in [7, 11) is -3.86. The van der Waals surface area contributed by atoms with Crippen LogP contribution in [0.5, 0.6) is 0 Å². The van der Waals surface area contributed by atoms with Crippen molar-refractivity contribution in [1.29, 1.82) is 0 Å². The molecule has 6 nitrogen and oxygen atoms in total. The van der Waals surface area contributed by atoms with E-state index in [1.165, 1.54) is 24.5 Å². The Kier molecular flexibility index (Phi) is 4.35. The molecule has 8 heteroatoms. The second-order valence-electron chi connectivity index (χ2n) is 4.12. The van der Waals surface area contributed by atoms with E-state index in [1.54, 1.807) is 0 Å². The number of halogens is 1. The lowest BCUT2D eigenvalue weighted by Gasteiger charge is -2.11. The van der Waals surface area contributed by atoms with Crippen LogP contribution >= 0.6 is 0 Å². The molecule has 1 aromatic carbocycles. The number of anilines is 1. The highest BCUT2D eigenvalue weighted by Gasteiger charge is 2.19. The Bertz CT molecular complexity index is 671. The molecular formula is C12H15FN4O2S. The van der Waals surface area contributed by atoms with Crippen molar-refractivity contribution >= 4 is 15.7 Å². The van der Waals surface area contributed by atoms with E-state index in [-0.39, 0.29) is 4.90 Å². The molecular weight excluding hydrogens is 283 g/mol. The molecule has 0 unspecified atom stereocenters. The largest absolute Gasteiger partial charge is 0.313 e. The first-order valence-corrected chi connectivity index (χ1v) is 7.52. The van der Waals surface area contributed by atoms with Crippen molar-refractivity contribution in [2.75, 3.05) is 11.3 Å². The topological polar surface area (TPSA) is 86.9 Å². The molecule has 0 fully saturated rings. The zero-order valence-corrected chi connectivity index (χ0v) is 11.7. The van der Waals surface area contributed by atoms with Crippen LogP contribution < -0.4 is 10.0 Å². The minimum atomic E-state index is -3.86. The number of nitrogens with zero attached hydrogens (tertiary/aromatic N) is 1. The van der Waals surface area contributed by atoms with Gasteiger partial charge in [-0.1, -0.05) is 13.0 Å². The van der Waals surface area contributed by atoms with E-state index in [2.05, 4.69) is 20.2 Å². The molecule has 0 saturated carbocycles. The maximum atomic E-state index is 13.3. The molecule has 2 rings (SSSR count). The summed E-state index contributed by atoms with van der Waals surface area (Å²) in [6, 6.07) is 3.71. The molecule has 2 aromatic rings. The predicted molar refractivity (Wildman–Crippen MR) is 73.2 cm³/mol. The minimum absolute atomic E-state index is 0.0837. The Balaban J connectivity index is 2.36. The second-order valence-corrected chi connectivity index (χ2v) is 5.78. The summed E-state index contributed by atoms with van der Waals surface area (Å²) in [5, 5.41) is 9.17. The Labute approximate surface area is 116 Å². The van der Waals surface area contributed by atoms with Crippen LogP contribution in [0.15, 0.2) is 35.5 Å². The lowest BCUT2D eigenvalue weighted by atomic mass is 10.2. The van der Waals surface area contributed by atoms with Gasteiger partial charge in [-0.2, -0.15) is 5.10 Å². The third-order valence-corrected chi connectivity index (χ3v) is 4.10. The van der Waals surface area contributed by atoms with E-state index < -0.39 is 15.8 Å². The molecule has 3 N–H and O–H groups in total. The standard InChI is InChI=1S/C12H15FN4O2S/c1-2-14-6-9-3-4-10(13)5-12(9)20(18,19)17-11-7-15-16-8-11/h3-5,7-8,14,17H,2,6H2,1H3,(H,15,16). The number of hydrogen-bond acceptors (Lipinski definition) is 4. The molecule has 0 aliphatic carbocycles. The van der Waals surface area contributed by atoms with Crippen molar-refractivity contribution in [3.63, 3.8) is 0 Å². The third-order valence-electron chi connectivity index (χ3n) is 2.63. The average molecular weight is 298 g/mol. The van der Waals surface area contributed by atoms with Gasteiger partial charge >= 0.3 is 0 Å². The monoisotopic (exact) mass is 298 g/mol. The van der Waals surface area contributed by atoms with Crippen molar-refractivity contribution in [1.82, 2.24) is 15.5 Å². The van der Waals surface area contributed by atoms with Crippen LogP contribution in [0.25, 0.3) is 0 Å². The molecule has 0 atom stereocenters. The summed E-state index contributed by atoms with van der Waals surface area (Å²) in [6.07, 6.45) is 2.74. The molecule has 20 heavy (non-hydrogen) atoms. The van der Waals surface area contributed by atoms with Crippen molar-refractivity contribution in [2.24, 2.45) is 0 Å². The number of rotatable bonds is 6. The third kappa shape index (κ3) is 3.34. The van der Waals surface area contributed by atoms with E-state index >= 15 is 0 Å². The van der Waals surface area contributed by atoms with E-state index in [0.717, 1.165) is 6.07 Å². The van der Waals surface area contributed by atoms with Crippen LogP contribution in [0.2, 0.25) is 0 Å².